The van der Waals surface area contributed by atoms with Gasteiger partial charge in [0.1, 0.15) is 23.4 Å². The number of phenols is 1. The van der Waals surface area contributed by atoms with Crippen molar-refractivity contribution in [2.75, 3.05) is 12.0 Å². The van der Waals surface area contributed by atoms with Crippen molar-refractivity contribution in [3.05, 3.63) is 29.8 Å². The highest BCUT2D eigenvalue weighted by molar-refractivity contribution is 7.98. The Kier molecular flexibility index (Phi) is 10.1. The molecule has 8 nitrogen and oxygen atoms in total. The Morgan fingerprint density at radius 1 is 1.15 bits per heavy atom. The molecule has 9 heteroatoms. The van der Waals surface area contributed by atoms with Gasteiger partial charge in [0.25, 0.3) is 0 Å². The summed E-state index contributed by atoms with van der Waals surface area (Å²) in [5.74, 6) is 0.147. The van der Waals surface area contributed by atoms with Gasteiger partial charge in [0.15, 0.2) is 0 Å². The van der Waals surface area contributed by atoms with Crippen LogP contribution in [0.15, 0.2) is 24.3 Å². The van der Waals surface area contributed by atoms with E-state index in [4.69, 9.17) is 4.74 Å². The molecule has 1 fully saturated rings. The number of phenolic OH excluding ortho intramolecular Hbond substituents is 1. The molecule has 0 aromatic heterocycles. The molecule has 34 heavy (non-hydrogen) atoms. The molecule has 0 saturated heterocycles. The molecule has 1 aromatic carbocycles. The van der Waals surface area contributed by atoms with E-state index in [0.717, 1.165) is 19.3 Å². The number of hydrogen-bond donors (Lipinski definition) is 3. The fraction of sp³-hybridized carbons (Fsp3) is 0.640. The first kappa shape index (κ1) is 27.8. The van der Waals surface area contributed by atoms with Crippen molar-refractivity contribution in [3.8, 4) is 5.75 Å². The summed E-state index contributed by atoms with van der Waals surface area (Å²) in [4.78, 5) is 41.6. The molecule has 2 unspecified atom stereocenters. The molecule has 2 rings (SSSR count). The molecule has 1 aliphatic carbocycles. The van der Waals surface area contributed by atoms with E-state index in [0.29, 0.717) is 17.7 Å². The first-order chi connectivity index (χ1) is 15.9. The number of rotatable bonds is 10. The zero-order valence-corrected chi connectivity index (χ0v) is 21.9. The predicted molar refractivity (Wildman–Crippen MR) is 135 cm³/mol. The van der Waals surface area contributed by atoms with Gasteiger partial charge < -0.3 is 25.4 Å². The zero-order valence-electron chi connectivity index (χ0n) is 21.1. The number of ether oxygens (including phenoxy) is 1. The van der Waals surface area contributed by atoms with Gasteiger partial charge in [0.05, 0.1) is 0 Å². The predicted octanol–water partition coefficient (Wildman–Crippen LogP) is 3.99. The molecule has 1 aromatic rings. The summed E-state index contributed by atoms with van der Waals surface area (Å²) in [5, 5.41) is 15.5. The second-order valence-corrected chi connectivity index (χ2v) is 11.0. The third kappa shape index (κ3) is 8.11. The van der Waals surface area contributed by atoms with Crippen molar-refractivity contribution in [1.82, 2.24) is 15.5 Å². The fourth-order valence-corrected chi connectivity index (χ4v) is 4.24. The van der Waals surface area contributed by atoms with Gasteiger partial charge in [-0.1, -0.05) is 12.1 Å². The average molecular weight is 494 g/mol. The molecular weight excluding hydrogens is 454 g/mol. The van der Waals surface area contributed by atoms with Crippen molar-refractivity contribution in [2.45, 2.75) is 90.1 Å². The van der Waals surface area contributed by atoms with Gasteiger partial charge in [-0.05, 0) is 90.0 Å². The highest BCUT2D eigenvalue weighted by Gasteiger charge is 2.42. The van der Waals surface area contributed by atoms with E-state index in [1.807, 2.05) is 20.1 Å². The number of aromatic hydroxyl groups is 1. The topological polar surface area (TPSA) is 108 Å². The van der Waals surface area contributed by atoms with Gasteiger partial charge in [-0.2, -0.15) is 11.8 Å². The van der Waals surface area contributed by atoms with Crippen LogP contribution in [0.2, 0.25) is 0 Å². The summed E-state index contributed by atoms with van der Waals surface area (Å²) >= 11 is 1.58. The number of amides is 3. The van der Waals surface area contributed by atoms with Gasteiger partial charge in [0, 0.05) is 12.1 Å². The fourth-order valence-electron chi connectivity index (χ4n) is 3.76. The number of nitrogens with one attached hydrogen (secondary N) is 2. The SMILES string of the molecule is CSCCC(NC(=O)OC(C)(C)C)C(=O)N(C1CCC1)C(C(=O)NC(C)C)c1ccc(O)cc1. The lowest BCUT2D eigenvalue weighted by Gasteiger charge is -2.43. The van der Waals surface area contributed by atoms with Crippen LogP contribution in [0.5, 0.6) is 5.75 Å². The van der Waals surface area contributed by atoms with Crippen LogP contribution in [0.4, 0.5) is 4.79 Å². The molecule has 0 radical (unpaired) electrons. The third-order valence-electron chi connectivity index (χ3n) is 5.49. The van der Waals surface area contributed by atoms with Crippen LogP contribution in [-0.4, -0.2) is 63.6 Å². The van der Waals surface area contributed by atoms with Gasteiger partial charge >= 0.3 is 6.09 Å². The molecular formula is C25H39N3O5S. The van der Waals surface area contributed by atoms with Crippen LogP contribution >= 0.6 is 11.8 Å². The third-order valence-corrected chi connectivity index (χ3v) is 6.13. The van der Waals surface area contributed by atoms with E-state index in [1.54, 1.807) is 49.6 Å². The number of carbonyl (C=O) groups is 3. The van der Waals surface area contributed by atoms with Crippen LogP contribution in [0.25, 0.3) is 0 Å². The van der Waals surface area contributed by atoms with Gasteiger partial charge in [0.2, 0.25) is 11.8 Å². The number of benzene rings is 1. The van der Waals surface area contributed by atoms with E-state index in [-0.39, 0.29) is 29.6 Å². The van der Waals surface area contributed by atoms with Crippen molar-refractivity contribution in [3.63, 3.8) is 0 Å². The maximum Gasteiger partial charge on any atom is 0.408 e. The normalized spacial score (nSPS) is 15.7. The summed E-state index contributed by atoms with van der Waals surface area (Å²) in [6, 6.07) is 4.43. The Morgan fingerprint density at radius 2 is 1.76 bits per heavy atom. The molecule has 0 aliphatic heterocycles. The number of thioether (sulfide) groups is 1. The lowest BCUT2D eigenvalue weighted by molar-refractivity contribution is -0.147. The second kappa shape index (κ2) is 12.3. The van der Waals surface area contributed by atoms with Crippen molar-refractivity contribution >= 4 is 29.7 Å². The molecule has 0 bridgehead atoms. The maximum atomic E-state index is 14.0. The van der Waals surface area contributed by atoms with Gasteiger partial charge in [-0.15, -0.1) is 0 Å². The first-order valence-electron chi connectivity index (χ1n) is 11.8. The molecule has 190 valence electrons. The molecule has 2 atom stereocenters. The number of hydrogen-bond acceptors (Lipinski definition) is 6. The number of carbonyl (C=O) groups excluding carboxylic acids is 3. The quantitative estimate of drug-likeness (QED) is 0.455. The van der Waals surface area contributed by atoms with Crippen LogP contribution in [0.3, 0.4) is 0 Å². The number of nitrogens with zero attached hydrogens (tertiary/aromatic N) is 1. The molecule has 0 spiro atoms. The minimum absolute atomic E-state index is 0.0812. The zero-order chi connectivity index (χ0) is 25.5. The van der Waals surface area contributed by atoms with E-state index < -0.39 is 23.8 Å². The first-order valence-corrected chi connectivity index (χ1v) is 13.2. The molecule has 3 amide bonds. The summed E-state index contributed by atoms with van der Waals surface area (Å²) < 4.78 is 5.40. The lowest BCUT2D eigenvalue weighted by Crippen LogP contribution is -2.58. The van der Waals surface area contributed by atoms with Gasteiger partial charge in [-0.3, -0.25) is 9.59 Å². The highest BCUT2D eigenvalue weighted by atomic mass is 32.2. The van der Waals surface area contributed by atoms with E-state index in [2.05, 4.69) is 10.6 Å². The largest absolute Gasteiger partial charge is 0.508 e. The van der Waals surface area contributed by atoms with E-state index >= 15 is 0 Å². The Labute approximate surface area is 207 Å². The summed E-state index contributed by atoms with van der Waals surface area (Å²) in [6.45, 7) is 9.04. The van der Waals surface area contributed by atoms with Crippen molar-refractivity contribution < 1.29 is 24.2 Å². The van der Waals surface area contributed by atoms with Crippen LogP contribution in [-0.2, 0) is 14.3 Å². The summed E-state index contributed by atoms with van der Waals surface area (Å²) in [7, 11) is 0. The van der Waals surface area contributed by atoms with E-state index in [9.17, 15) is 19.5 Å². The lowest BCUT2D eigenvalue weighted by atomic mass is 9.88. The van der Waals surface area contributed by atoms with Crippen LogP contribution in [0.1, 0.15) is 71.9 Å². The van der Waals surface area contributed by atoms with Crippen molar-refractivity contribution in [1.29, 1.82) is 0 Å². The Morgan fingerprint density at radius 3 is 2.24 bits per heavy atom. The molecule has 1 aliphatic rings. The molecule has 3 N–H and O–H groups in total. The Bertz CT molecular complexity index is 834. The Hall–Kier alpha value is -2.42. The number of alkyl carbamates (subject to hydrolysis) is 1. The summed E-state index contributed by atoms with van der Waals surface area (Å²) in [5.41, 5.74) is -0.0894. The van der Waals surface area contributed by atoms with E-state index in [1.165, 1.54) is 12.1 Å². The second-order valence-electron chi connectivity index (χ2n) is 9.97. The van der Waals surface area contributed by atoms with Gasteiger partial charge in [-0.25, -0.2) is 4.79 Å². The highest BCUT2D eigenvalue weighted by Crippen LogP contribution is 2.34. The smallest absolute Gasteiger partial charge is 0.408 e. The Balaban J connectivity index is 2.44. The molecule has 1 saturated carbocycles. The van der Waals surface area contributed by atoms with Crippen LogP contribution < -0.4 is 10.6 Å². The monoisotopic (exact) mass is 493 g/mol. The maximum absolute atomic E-state index is 14.0. The van der Waals surface area contributed by atoms with Crippen molar-refractivity contribution in [2.24, 2.45) is 0 Å². The average Bonchev–Trinajstić information content (AvgIpc) is 2.68. The van der Waals surface area contributed by atoms with Crippen LogP contribution in [0, 0.1) is 0 Å². The minimum atomic E-state index is -0.877. The standard InChI is InChI=1S/C25H39N3O5S/c1-16(2)26-22(30)21(17-10-12-19(29)13-11-17)28(18-8-7-9-18)23(31)20(14-15-34-6)27-24(32)33-25(3,4)5/h10-13,16,18,20-21,29H,7-9,14-15H2,1-6H3,(H,26,30)(H,27,32). The minimum Gasteiger partial charge on any atom is -0.508 e. The summed E-state index contributed by atoms with van der Waals surface area (Å²) in [6.07, 6.45) is 4.24. The molecule has 0 heterocycles.